The van der Waals surface area contributed by atoms with Crippen LogP contribution in [0.4, 0.5) is 11.4 Å². The first-order chi connectivity index (χ1) is 9.11. The van der Waals surface area contributed by atoms with Gasteiger partial charge in [0.2, 0.25) is 0 Å². The average Bonchev–Trinajstić information content (AvgIpc) is 2.82. The number of nitrogen functional groups attached to an aromatic ring is 1. The Balaban J connectivity index is 2.21. The van der Waals surface area contributed by atoms with Gasteiger partial charge >= 0.3 is 5.97 Å². The van der Waals surface area contributed by atoms with Crippen LogP contribution in [0.1, 0.15) is 21.1 Å². The van der Waals surface area contributed by atoms with Crippen molar-refractivity contribution in [1.82, 2.24) is 4.98 Å². The van der Waals surface area contributed by atoms with Crippen LogP contribution in [0.5, 0.6) is 0 Å². The predicted molar refractivity (Wildman–Crippen MR) is 76.4 cm³/mol. The van der Waals surface area contributed by atoms with Gasteiger partial charge in [-0.05, 0) is 19.1 Å². The summed E-state index contributed by atoms with van der Waals surface area (Å²) in [7, 11) is 1.35. The summed E-state index contributed by atoms with van der Waals surface area (Å²) in [5.41, 5.74) is 8.40. The van der Waals surface area contributed by atoms with E-state index < -0.39 is 5.97 Å². The highest BCUT2D eigenvalue weighted by Crippen LogP contribution is 2.25. The number of hydrogen-bond acceptors (Lipinski definition) is 6. The van der Waals surface area contributed by atoms with Crippen molar-refractivity contribution >= 4 is 28.7 Å². The fourth-order valence-corrected chi connectivity index (χ4v) is 2.41. The molecule has 0 bridgehead atoms. The second-order valence-electron chi connectivity index (χ2n) is 4.00. The lowest BCUT2D eigenvalue weighted by atomic mass is 10.1. The van der Waals surface area contributed by atoms with Gasteiger partial charge in [-0.25, -0.2) is 9.78 Å². The molecule has 0 radical (unpaired) electrons. The molecule has 1 aromatic heterocycles. The van der Waals surface area contributed by atoms with Crippen LogP contribution in [0, 0.1) is 6.92 Å². The number of nitrogens with zero attached hydrogens (tertiary/aromatic N) is 1. The van der Waals surface area contributed by atoms with Gasteiger partial charge < -0.3 is 15.8 Å². The Morgan fingerprint density at radius 3 is 2.95 bits per heavy atom. The summed E-state index contributed by atoms with van der Waals surface area (Å²) in [6.45, 7) is 2.47. The molecule has 0 saturated heterocycles. The van der Waals surface area contributed by atoms with Gasteiger partial charge in [-0.15, -0.1) is 11.3 Å². The highest BCUT2D eigenvalue weighted by Gasteiger charge is 2.14. The Hall–Kier alpha value is -2.08. The molecule has 0 spiro atoms. The molecule has 0 aliphatic rings. The van der Waals surface area contributed by atoms with E-state index in [0.717, 1.165) is 10.7 Å². The normalized spacial score (nSPS) is 10.2. The van der Waals surface area contributed by atoms with Crippen LogP contribution < -0.4 is 11.1 Å². The minimum Gasteiger partial charge on any atom is -0.465 e. The second-order valence-corrected chi connectivity index (χ2v) is 4.94. The number of hydrogen-bond donors (Lipinski definition) is 2. The number of nitrogens with one attached hydrogen (secondary N) is 1. The largest absolute Gasteiger partial charge is 0.465 e. The van der Waals surface area contributed by atoms with Crippen molar-refractivity contribution < 1.29 is 9.53 Å². The van der Waals surface area contributed by atoms with Crippen LogP contribution in [-0.2, 0) is 11.3 Å². The van der Waals surface area contributed by atoms with Gasteiger partial charge in [0.1, 0.15) is 5.01 Å². The standard InChI is InChI=1S/C13H15N3O2S/c1-8-7-19-11(16-8)6-15-12-9(13(17)18-2)4-3-5-10(12)14/h3-5,7,15H,6,14H2,1-2H3. The highest BCUT2D eigenvalue weighted by atomic mass is 32.1. The molecule has 3 N–H and O–H groups in total. The Morgan fingerprint density at radius 1 is 1.53 bits per heavy atom. The molecule has 19 heavy (non-hydrogen) atoms. The van der Waals surface area contributed by atoms with Crippen LogP contribution in [0.2, 0.25) is 0 Å². The number of esters is 1. The maximum absolute atomic E-state index is 11.7. The average molecular weight is 277 g/mol. The van der Waals surface area contributed by atoms with E-state index in [-0.39, 0.29) is 0 Å². The number of carbonyl (C=O) groups is 1. The van der Waals surface area contributed by atoms with E-state index in [1.807, 2.05) is 12.3 Å². The Morgan fingerprint density at radius 2 is 2.32 bits per heavy atom. The minimum absolute atomic E-state index is 0.412. The molecule has 0 unspecified atom stereocenters. The molecule has 0 aliphatic heterocycles. The van der Waals surface area contributed by atoms with Gasteiger partial charge in [-0.1, -0.05) is 6.07 Å². The van der Waals surface area contributed by atoms with E-state index in [1.165, 1.54) is 7.11 Å². The smallest absolute Gasteiger partial charge is 0.340 e. The summed E-state index contributed by atoms with van der Waals surface area (Å²) in [4.78, 5) is 16.0. The molecular weight excluding hydrogens is 262 g/mol. The fourth-order valence-electron chi connectivity index (χ4n) is 1.70. The number of nitrogens with two attached hydrogens (primary N) is 1. The van der Waals surface area contributed by atoms with Gasteiger partial charge in [0.25, 0.3) is 0 Å². The van der Waals surface area contributed by atoms with Crippen LogP contribution in [0.3, 0.4) is 0 Å². The third kappa shape index (κ3) is 3.03. The number of benzene rings is 1. The molecule has 2 aromatic rings. The molecule has 0 amide bonds. The highest BCUT2D eigenvalue weighted by molar-refractivity contribution is 7.09. The maximum Gasteiger partial charge on any atom is 0.340 e. The molecule has 1 heterocycles. The number of rotatable bonds is 4. The first kappa shape index (κ1) is 13.4. The second kappa shape index (κ2) is 5.71. The Bertz CT molecular complexity index is 595. The van der Waals surface area contributed by atoms with Crippen molar-refractivity contribution in [3.63, 3.8) is 0 Å². The molecule has 5 nitrogen and oxygen atoms in total. The lowest BCUT2D eigenvalue weighted by molar-refractivity contribution is 0.0602. The minimum atomic E-state index is -0.412. The predicted octanol–water partition coefficient (Wildman–Crippen LogP) is 2.43. The molecule has 1 aromatic carbocycles. The van der Waals surface area contributed by atoms with E-state index in [4.69, 9.17) is 10.5 Å². The quantitative estimate of drug-likeness (QED) is 0.663. The topological polar surface area (TPSA) is 77.2 Å². The zero-order chi connectivity index (χ0) is 13.8. The monoisotopic (exact) mass is 277 g/mol. The van der Waals surface area contributed by atoms with Crippen molar-refractivity contribution in [2.45, 2.75) is 13.5 Å². The number of thiazole rings is 1. The summed E-state index contributed by atoms with van der Waals surface area (Å²) in [5.74, 6) is -0.412. The zero-order valence-corrected chi connectivity index (χ0v) is 11.6. The molecule has 0 fully saturated rings. The Kier molecular flexibility index (Phi) is 4.01. The van der Waals surface area contributed by atoms with Crippen LogP contribution in [0.25, 0.3) is 0 Å². The Labute approximate surface area is 115 Å². The SMILES string of the molecule is COC(=O)c1cccc(N)c1NCc1nc(C)cs1. The van der Waals surface area contributed by atoms with Gasteiger partial charge in [0, 0.05) is 11.1 Å². The van der Waals surface area contributed by atoms with E-state index in [0.29, 0.717) is 23.5 Å². The van der Waals surface area contributed by atoms with Crippen LogP contribution in [0.15, 0.2) is 23.6 Å². The number of para-hydroxylation sites is 1. The molecule has 0 aliphatic carbocycles. The summed E-state index contributed by atoms with van der Waals surface area (Å²) in [6.07, 6.45) is 0. The van der Waals surface area contributed by atoms with E-state index >= 15 is 0 Å². The summed E-state index contributed by atoms with van der Waals surface area (Å²) < 4.78 is 4.74. The van der Waals surface area contributed by atoms with Crippen molar-refractivity contribution in [2.24, 2.45) is 0 Å². The summed E-state index contributed by atoms with van der Waals surface area (Å²) >= 11 is 1.56. The van der Waals surface area contributed by atoms with Gasteiger partial charge in [0.15, 0.2) is 0 Å². The summed E-state index contributed by atoms with van der Waals surface area (Å²) in [6, 6.07) is 5.14. The maximum atomic E-state index is 11.7. The van der Waals surface area contributed by atoms with Gasteiger partial charge in [-0.3, -0.25) is 0 Å². The first-order valence-electron chi connectivity index (χ1n) is 5.73. The molecule has 0 saturated carbocycles. The van der Waals surface area contributed by atoms with E-state index in [1.54, 1.807) is 29.5 Å². The molecule has 100 valence electrons. The van der Waals surface area contributed by atoms with Crippen LogP contribution in [-0.4, -0.2) is 18.1 Å². The number of aryl methyl sites for hydroxylation is 1. The third-order valence-electron chi connectivity index (χ3n) is 2.58. The third-order valence-corrected chi connectivity index (χ3v) is 3.55. The summed E-state index contributed by atoms with van der Waals surface area (Å²) in [5, 5.41) is 6.07. The number of aromatic nitrogens is 1. The number of carbonyl (C=O) groups excluding carboxylic acids is 1. The lowest BCUT2D eigenvalue weighted by Crippen LogP contribution is -2.10. The number of methoxy groups -OCH3 is 1. The molecule has 0 atom stereocenters. The van der Waals surface area contributed by atoms with Gasteiger partial charge in [-0.2, -0.15) is 0 Å². The zero-order valence-electron chi connectivity index (χ0n) is 10.8. The molecule has 6 heteroatoms. The molecular formula is C13H15N3O2S. The van der Waals surface area contributed by atoms with Crippen molar-refractivity contribution in [2.75, 3.05) is 18.2 Å². The van der Waals surface area contributed by atoms with Crippen molar-refractivity contribution in [1.29, 1.82) is 0 Å². The van der Waals surface area contributed by atoms with Crippen molar-refractivity contribution in [3.8, 4) is 0 Å². The van der Waals surface area contributed by atoms with Crippen molar-refractivity contribution in [3.05, 3.63) is 39.8 Å². The molecule has 2 rings (SSSR count). The van der Waals surface area contributed by atoms with Crippen LogP contribution >= 0.6 is 11.3 Å². The van der Waals surface area contributed by atoms with E-state index in [2.05, 4.69) is 10.3 Å². The first-order valence-corrected chi connectivity index (χ1v) is 6.61. The fraction of sp³-hybridized carbons (Fsp3) is 0.231. The van der Waals surface area contributed by atoms with E-state index in [9.17, 15) is 4.79 Å². The van der Waals surface area contributed by atoms with Gasteiger partial charge in [0.05, 0.1) is 30.6 Å². The number of anilines is 2. The number of ether oxygens (including phenoxy) is 1. The lowest BCUT2D eigenvalue weighted by Gasteiger charge is -2.12.